The van der Waals surface area contributed by atoms with Gasteiger partial charge in [0, 0.05) is 19.1 Å². The van der Waals surface area contributed by atoms with Gasteiger partial charge in [0.15, 0.2) is 0 Å². The molecular formula is C16H27BrN2S. The van der Waals surface area contributed by atoms with Gasteiger partial charge in [-0.15, -0.1) is 11.3 Å². The lowest BCUT2D eigenvalue weighted by Crippen LogP contribution is -2.42. The van der Waals surface area contributed by atoms with Crippen molar-refractivity contribution in [2.75, 3.05) is 13.6 Å². The minimum Gasteiger partial charge on any atom is -0.327 e. The molecule has 1 heterocycles. The molecule has 1 aliphatic rings. The molecule has 1 saturated carbocycles. The second kappa shape index (κ2) is 7.92. The summed E-state index contributed by atoms with van der Waals surface area (Å²) >= 11 is 5.30. The Morgan fingerprint density at radius 2 is 2.25 bits per heavy atom. The molecule has 20 heavy (non-hydrogen) atoms. The summed E-state index contributed by atoms with van der Waals surface area (Å²) in [7, 11) is 2.22. The molecule has 2 rings (SSSR count). The molecule has 3 unspecified atom stereocenters. The van der Waals surface area contributed by atoms with Crippen molar-refractivity contribution in [3.63, 3.8) is 0 Å². The lowest BCUT2D eigenvalue weighted by Gasteiger charge is -2.36. The maximum absolute atomic E-state index is 6.35. The van der Waals surface area contributed by atoms with Gasteiger partial charge < -0.3 is 10.6 Å². The highest BCUT2D eigenvalue weighted by atomic mass is 79.9. The summed E-state index contributed by atoms with van der Waals surface area (Å²) in [5.74, 6) is 1.58. The summed E-state index contributed by atoms with van der Waals surface area (Å²) in [4.78, 5) is 2.44. The number of hydrogen-bond acceptors (Lipinski definition) is 3. The van der Waals surface area contributed by atoms with Crippen molar-refractivity contribution in [1.82, 2.24) is 4.90 Å². The van der Waals surface area contributed by atoms with Crippen molar-refractivity contribution < 1.29 is 0 Å². The van der Waals surface area contributed by atoms with Gasteiger partial charge in [0.25, 0.3) is 0 Å². The molecule has 0 aliphatic heterocycles. The average molecular weight is 359 g/mol. The standard InChI is InChI=1S/C16H27BrN2S/c1-3-4-12-5-6-15(18)14(7-12)10-19(2)9-13-8-16(17)20-11-13/h8,11-12,14-15H,3-7,9-10,18H2,1-2H3. The van der Waals surface area contributed by atoms with E-state index in [1.165, 1.54) is 41.5 Å². The number of thiophene rings is 1. The molecule has 0 radical (unpaired) electrons. The zero-order valence-electron chi connectivity index (χ0n) is 12.6. The van der Waals surface area contributed by atoms with Gasteiger partial charge in [-0.1, -0.05) is 19.8 Å². The van der Waals surface area contributed by atoms with Crippen LogP contribution in [0.1, 0.15) is 44.6 Å². The monoisotopic (exact) mass is 358 g/mol. The van der Waals surface area contributed by atoms with Gasteiger partial charge in [0.2, 0.25) is 0 Å². The summed E-state index contributed by atoms with van der Waals surface area (Å²) in [6.45, 7) is 4.46. The number of halogens is 1. The van der Waals surface area contributed by atoms with E-state index in [1.54, 1.807) is 11.3 Å². The van der Waals surface area contributed by atoms with Crippen molar-refractivity contribution >= 4 is 27.3 Å². The van der Waals surface area contributed by atoms with Crippen LogP contribution in [-0.4, -0.2) is 24.5 Å². The van der Waals surface area contributed by atoms with Crippen LogP contribution in [0.4, 0.5) is 0 Å². The summed E-state index contributed by atoms with van der Waals surface area (Å²) in [5, 5.41) is 2.24. The van der Waals surface area contributed by atoms with Crippen LogP contribution < -0.4 is 5.73 Å². The van der Waals surface area contributed by atoms with E-state index in [9.17, 15) is 0 Å². The van der Waals surface area contributed by atoms with Gasteiger partial charge in [0.05, 0.1) is 3.79 Å². The molecule has 0 spiro atoms. The summed E-state index contributed by atoms with van der Waals surface area (Å²) in [5.41, 5.74) is 7.75. The normalized spacial score (nSPS) is 27.1. The van der Waals surface area contributed by atoms with Crippen molar-refractivity contribution in [3.8, 4) is 0 Å². The van der Waals surface area contributed by atoms with E-state index in [1.807, 2.05) is 0 Å². The molecular weight excluding hydrogens is 332 g/mol. The molecule has 0 amide bonds. The minimum atomic E-state index is 0.403. The fraction of sp³-hybridized carbons (Fsp3) is 0.750. The van der Waals surface area contributed by atoms with Crippen LogP contribution in [0.2, 0.25) is 0 Å². The lowest BCUT2D eigenvalue weighted by molar-refractivity contribution is 0.165. The second-order valence-electron chi connectivity index (χ2n) is 6.35. The Balaban J connectivity index is 1.83. The highest BCUT2D eigenvalue weighted by Crippen LogP contribution is 2.32. The Labute approximate surface area is 135 Å². The molecule has 1 fully saturated rings. The Morgan fingerprint density at radius 1 is 1.45 bits per heavy atom. The van der Waals surface area contributed by atoms with E-state index in [0.29, 0.717) is 12.0 Å². The van der Waals surface area contributed by atoms with Gasteiger partial charge in [-0.25, -0.2) is 0 Å². The molecule has 2 nitrogen and oxygen atoms in total. The van der Waals surface area contributed by atoms with Gasteiger partial charge in [-0.3, -0.25) is 0 Å². The van der Waals surface area contributed by atoms with Crippen LogP contribution in [0, 0.1) is 11.8 Å². The largest absolute Gasteiger partial charge is 0.327 e. The first-order valence-corrected chi connectivity index (χ1v) is 9.42. The second-order valence-corrected chi connectivity index (χ2v) is 8.64. The van der Waals surface area contributed by atoms with Crippen molar-refractivity contribution in [2.24, 2.45) is 17.6 Å². The fourth-order valence-electron chi connectivity index (χ4n) is 3.47. The first kappa shape index (κ1) is 16.5. The van der Waals surface area contributed by atoms with E-state index in [4.69, 9.17) is 5.73 Å². The average Bonchev–Trinajstić information content (AvgIpc) is 2.79. The summed E-state index contributed by atoms with van der Waals surface area (Å²) in [6, 6.07) is 2.63. The van der Waals surface area contributed by atoms with E-state index in [0.717, 1.165) is 19.0 Å². The van der Waals surface area contributed by atoms with Crippen LogP contribution in [-0.2, 0) is 6.54 Å². The van der Waals surface area contributed by atoms with E-state index >= 15 is 0 Å². The number of nitrogens with zero attached hydrogens (tertiary/aromatic N) is 1. The van der Waals surface area contributed by atoms with E-state index < -0.39 is 0 Å². The van der Waals surface area contributed by atoms with Crippen molar-refractivity contribution in [2.45, 2.75) is 51.6 Å². The summed E-state index contributed by atoms with van der Waals surface area (Å²) < 4.78 is 1.22. The molecule has 0 aromatic carbocycles. The third kappa shape index (κ3) is 4.83. The SMILES string of the molecule is CCCC1CCC(N)C(CN(C)Cc2csc(Br)c2)C1. The maximum atomic E-state index is 6.35. The number of rotatable bonds is 6. The predicted molar refractivity (Wildman–Crippen MR) is 92.1 cm³/mol. The van der Waals surface area contributed by atoms with Crippen LogP contribution >= 0.6 is 27.3 Å². The molecule has 3 atom stereocenters. The van der Waals surface area contributed by atoms with Gasteiger partial charge in [-0.2, -0.15) is 0 Å². The number of nitrogens with two attached hydrogens (primary N) is 1. The first-order valence-electron chi connectivity index (χ1n) is 7.75. The van der Waals surface area contributed by atoms with Crippen molar-refractivity contribution in [1.29, 1.82) is 0 Å². The molecule has 1 aromatic heterocycles. The summed E-state index contributed by atoms with van der Waals surface area (Å²) in [6.07, 6.45) is 6.57. The van der Waals surface area contributed by atoms with Crippen LogP contribution in [0.25, 0.3) is 0 Å². The fourth-order valence-corrected chi connectivity index (χ4v) is 4.67. The molecule has 1 aliphatic carbocycles. The van der Waals surface area contributed by atoms with Crippen LogP contribution in [0.5, 0.6) is 0 Å². The lowest BCUT2D eigenvalue weighted by atomic mass is 9.76. The molecule has 1 aromatic rings. The number of hydrogen-bond donors (Lipinski definition) is 1. The zero-order valence-corrected chi connectivity index (χ0v) is 15.0. The Hall–Kier alpha value is 0.100. The molecule has 2 N–H and O–H groups in total. The Kier molecular flexibility index (Phi) is 6.53. The highest BCUT2D eigenvalue weighted by molar-refractivity contribution is 9.11. The third-order valence-corrected chi connectivity index (χ3v) is 6.02. The topological polar surface area (TPSA) is 29.3 Å². The highest BCUT2D eigenvalue weighted by Gasteiger charge is 2.28. The van der Waals surface area contributed by atoms with Crippen molar-refractivity contribution in [3.05, 3.63) is 20.8 Å². The predicted octanol–water partition coefficient (Wildman–Crippen LogP) is 4.49. The zero-order chi connectivity index (χ0) is 14.5. The van der Waals surface area contributed by atoms with Gasteiger partial charge in [-0.05, 0) is 71.1 Å². The van der Waals surface area contributed by atoms with Crippen LogP contribution in [0.3, 0.4) is 0 Å². The third-order valence-electron chi connectivity index (χ3n) is 4.47. The Bertz CT molecular complexity index is 407. The Morgan fingerprint density at radius 3 is 2.90 bits per heavy atom. The van der Waals surface area contributed by atoms with E-state index in [-0.39, 0.29) is 0 Å². The maximum Gasteiger partial charge on any atom is 0.0701 e. The van der Waals surface area contributed by atoms with E-state index in [2.05, 4.69) is 46.2 Å². The molecule has 4 heteroatoms. The van der Waals surface area contributed by atoms with Crippen LogP contribution in [0.15, 0.2) is 15.2 Å². The molecule has 114 valence electrons. The smallest absolute Gasteiger partial charge is 0.0701 e. The minimum absolute atomic E-state index is 0.403. The first-order chi connectivity index (χ1) is 9.58. The van der Waals surface area contributed by atoms with Gasteiger partial charge in [0.1, 0.15) is 0 Å². The molecule has 0 bridgehead atoms. The van der Waals surface area contributed by atoms with Gasteiger partial charge >= 0.3 is 0 Å². The quantitative estimate of drug-likeness (QED) is 0.811. The molecule has 0 saturated heterocycles.